The molecule has 0 saturated heterocycles. The molecule has 4 nitrogen and oxygen atoms in total. The van der Waals surface area contributed by atoms with Gasteiger partial charge in [0.1, 0.15) is 5.82 Å². The van der Waals surface area contributed by atoms with Gasteiger partial charge in [0.05, 0.1) is 10.6 Å². The molecule has 0 aliphatic carbocycles. The summed E-state index contributed by atoms with van der Waals surface area (Å²) < 4.78 is 0. The normalized spacial score (nSPS) is 12.0. The smallest absolute Gasteiger partial charge is 0.253 e. The van der Waals surface area contributed by atoms with Crippen LogP contribution in [0.5, 0.6) is 0 Å². The molecule has 1 amide bonds. The van der Waals surface area contributed by atoms with E-state index in [0.717, 1.165) is 19.4 Å². The van der Waals surface area contributed by atoms with Crippen LogP contribution in [0.3, 0.4) is 0 Å². The van der Waals surface area contributed by atoms with E-state index in [1.165, 1.54) is 25.5 Å². The Morgan fingerprint density at radius 2 is 2.10 bits per heavy atom. The zero-order chi connectivity index (χ0) is 15.7. The van der Waals surface area contributed by atoms with Crippen LogP contribution < -0.4 is 10.6 Å². The Balaban J connectivity index is 2.56. The number of rotatable bonds is 9. The molecule has 0 saturated carbocycles. The van der Waals surface area contributed by atoms with E-state index in [0.29, 0.717) is 16.4 Å². The predicted octanol–water partition coefficient (Wildman–Crippen LogP) is 4.26. The van der Waals surface area contributed by atoms with Gasteiger partial charge in [-0.15, -0.1) is 0 Å². The van der Waals surface area contributed by atoms with Crippen LogP contribution in [0.15, 0.2) is 12.3 Å². The van der Waals surface area contributed by atoms with Crippen molar-refractivity contribution in [2.75, 3.05) is 11.9 Å². The molecule has 0 aromatic carbocycles. The van der Waals surface area contributed by atoms with Gasteiger partial charge >= 0.3 is 0 Å². The number of amides is 1. The molecule has 2 N–H and O–H groups in total. The number of aromatic nitrogens is 1. The minimum absolute atomic E-state index is 0.135. The minimum Gasteiger partial charge on any atom is -0.370 e. The summed E-state index contributed by atoms with van der Waals surface area (Å²) in [5.41, 5.74) is 0.475. The second-order valence-electron chi connectivity index (χ2n) is 5.30. The molecule has 1 heterocycles. The van der Waals surface area contributed by atoms with Gasteiger partial charge in [0.2, 0.25) is 0 Å². The molecule has 5 heteroatoms. The lowest BCUT2D eigenvalue weighted by Gasteiger charge is -2.15. The van der Waals surface area contributed by atoms with E-state index in [1.54, 1.807) is 6.07 Å². The van der Waals surface area contributed by atoms with E-state index >= 15 is 0 Å². The van der Waals surface area contributed by atoms with Crippen molar-refractivity contribution in [3.05, 3.63) is 22.8 Å². The number of pyridine rings is 1. The Bertz CT molecular complexity index is 451. The van der Waals surface area contributed by atoms with Crippen LogP contribution in [0, 0.1) is 0 Å². The van der Waals surface area contributed by atoms with Gasteiger partial charge in [-0.2, -0.15) is 0 Å². The highest BCUT2D eigenvalue weighted by atomic mass is 35.5. The molecule has 0 fully saturated rings. The maximum Gasteiger partial charge on any atom is 0.253 e. The van der Waals surface area contributed by atoms with Crippen LogP contribution in [0.1, 0.15) is 63.2 Å². The number of halogens is 1. The quantitative estimate of drug-likeness (QED) is 0.670. The van der Waals surface area contributed by atoms with Gasteiger partial charge < -0.3 is 10.6 Å². The van der Waals surface area contributed by atoms with Crippen LogP contribution in [-0.4, -0.2) is 23.5 Å². The van der Waals surface area contributed by atoms with E-state index in [1.807, 2.05) is 13.8 Å². The fraction of sp³-hybridized carbons (Fsp3) is 0.625. The summed E-state index contributed by atoms with van der Waals surface area (Å²) in [6.45, 7) is 6.96. The molecule has 1 aromatic rings. The first kappa shape index (κ1) is 17.8. The Kier molecular flexibility index (Phi) is 8.13. The van der Waals surface area contributed by atoms with Crippen LogP contribution in [0.25, 0.3) is 0 Å². The highest BCUT2D eigenvalue weighted by Crippen LogP contribution is 2.18. The first-order valence-electron chi connectivity index (χ1n) is 7.78. The molecule has 0 bridgehead atoms. The van der Waals surface area contributed by atoms with Gasteiger partial charge in [0.25, 0.3) is 5.91 Å². The first-order valence-corrected chi connectivity index (χ1v) is 8.16. The third-order valence-corrected chi connectivity index (χ3v) is 3.63. The molecule has 0 aliphatic heterocycles. The maximum absolute atomic E-state index is 12.3. The summed E-state index contributed by atoms with van der Waals surface area (Å²) in [5, 5.41) is 6.47. The molecule has 1 rings (SSSR count). The molecule has 0 aliphatic rings. The molecule has 1 unspecified atom stereocenters. The van der Waals surface area contributed by atoms with Gasteiger partial charge in [-0.1, -0.05) is 44.2 Å². The lowest BCUT2D eigenvalue weighted by Crippen LogP contribution is -2.32. The zero-order valence-electron chi connectivity index (χ0n) is 13.2. The zero-order valence-corrected chi connectivity index (χ0v) is 14.0. The van der Waals surface area contributed by atoms with Crippen LogP contribution in [0.4, 0.5) is 5.82 Å². The Labute approximate surface area is 132 Å². The summed E-state index contributed by atoms with van der Waals surface area (Å²) in [6, 6.07) is 1.85. The summed E-state index contributed by atoms with van der Waals surface area (Å²) in [6.07, 6.45) is 7.34. The topological polar surface area (TPSA) is 54.0 Å². The van der Waals surface area contributed by atoms with E-state index in [4.69, 9.17) is 11.6 Å². The second-order valence-corrected chi connectivity index (χ2v) is 5.71. The van der Waals surface area contributed by atoms with Crippen molar-refractivity contribution in [3.63, 3.8) is 0 Å². The largest absolute Gasteiger partial charge is 0.370 e. The monoisotopic (exact) mass is 311 g/mol. The Hall–Kier alpha value is -1.29. The fourth-order valence-corrected chi connectivity index (χ4v) is 2.33. The SMILES string of the molecule is CCCCCCC(C)NC(=O)c1cc(NCC)ncc1Cl. The lowest BCUT2D eigenvalue weighted by atomic mass is 10.1. The molecule has 1 atom stereocenters. The van der Waals surface area contributed by atoms with Gasteiger partial charge in [0.15, 0.2) is 0 Å². The van der Waals surface area contributed by atoms with Gasteiger partial charge in [-0.3, -0.25) is 4.79 Å². The van der Waals surface area contributed by atoms with Gasteiger partial charge in [-0.05, 0) is 26.3 Å². The minimum atomic E-state index is -0.135. The van der Waals surface area contributed by atoms with Crippen molar-refractivity contribution < 1.29 is 4.79 Å². The molecule has 118 valence electrons. The van der Waals surface area contributed by atoms with Crippen molar-refractivity contribution >= 4 is 23.3 Å². The number of nitrogens with zero attached hydrogens (tertiary/aromatic N) is 1. The van der Waals surface area contributed by atoms with Crippen LogP contribution >= 0.6 is 11.6 Å². The van der Waals surface area contributed by atoms with Crippen molar-refractivity contribution in [1.82, 2.24) is 10.3 Å². The van der Waals surface area contributed by atoms with E-state index in [-0.39, 0.29) is 11.9 Å². The van der Waals surface area contributed by atoms with Crippen molar-refractivity contribution in [3.8, 4) is 0 Å². The standard InChI is InChI=1S/C16H26ClN3O/c1-4-6-7-8-9-12(3)20-16(21)13-10-15(18-5-2)19-11-14(13)17/h10-12H,4-9H2,1-3H3,(H,18,19)(H,20,21). The average Bonchev–Trinajstić information content (AvgIpc) is 2.46. The van der Waals surface area contributed by atoms with Crippen molar-refractivity contribution in [1.29, 1.82) is 0 Å². The number of carbonyl (C=O) groups is 1. The van der Waals surface area contributed by atoms with E-state index in [9.17, 15) is 4.79 Å². The summed E-state index contributed by atoms with van der Waals surface area (Å²) >= 11 is 6.07. The number of nitrogens with one attached hydrogen (secondary N) is 2. The number of carbonyl (C=O) groups excluding carboxylic acids is 1. The summed E-state index contributed by atoms with van der Waals surface area (Å²) in [4.78, 5) is 16.4. The number of hydrogen-bond acceptors (Lipinski definition) is 3. The third kappa shape index (κ3) is 6.34. The van der Waals surface area contributed by atoms with Crippen molar-refractivity contribution in [2.45, 2.75) is 58.9 Å². The highest BCUT2D eigenvalue weighted by Gasteiger charge is 2.14. The molecule has 21 heavy (non-hydrogen) atoms. The van der Waals surface area contributed by atoms with Gasteiger partial charge in [-0.25, -0.2) is 4.98 Å². The molecule has 0 radical (unpaired) electrons. The second kappa shape index (κ2) is 9.61. The highest BCUT2D eigenvalue weighted by molar-refractivity contribution is 6.33. The average molecular weight is 312 g/mol. The van der Waals surface area contributed by atoms with Crippen LogP contribution in [-0.2, 0) is 0 Å². The fourth-order valence-electron chi connectivity index (χ4n) is 2.14. The first-order chi connectivity index (χ1) is 10.1. The van der Waals surface area contributed by atoms with Crippen LogP contribution in [0.2, 0.25) is 5.02 Å². The predicted molar refractivity (Wildman–Crippen MR) is 89.1 cm³/mol. The van der Waals surface area contributed by atoms with E-state index < -0.39 is 0 Å². The lowest BCUT2D eigenvalue weighted by molar-refractivity contribution is 0.0938. The molecule has 1 aromatic heterocycles. The summed E-state index contributed by atoms with van der Waals surface area (Å²) in [7, 11) is 0. The Morgan fingerprint density at radius 1 is 1.33 bits per heavy atom. The maximum atomic E-state index is 12.3. The molecular formula is C16H26ClN3O. The van der Waals surface area contributed by atoms with E-state index in [2.05, 4.69) is 22.5 Å². The van der Waals surface area contributed by atoms with Gasteiger partial charge in [0, 0.05) is 18.8 Å². The number of unbranched alkanes of at least 4 members (excludes halogenated alkanes) is 3. The molecule has 0 spiro atoms. The molecular weight excluding hydrogens is 286 g/mol. The van der Waals surface area contributed by atoms with Crippen molar-refractivity contribution in [2.24, 2.45) is 0 Å². The number of hydrogen-bond donors (Lipinski definition) is 2. The summed E-state index contributed by atoms with van der Waals surface area (Å²) in [5.74, 6) is 0.534. The third-order valence-electron chi connectivity index (χ3n) is 3.33. The number of anilines is 1. The Morgan fingerprint density at radius 3 is 2.76 bits per heavy atom.